The monoisotopic (exact) mass is 223 g/mol. The van der Waals surface area contributed by atoms with Gasteiger partial charge in [0.1, 0.15) is 6.07 Å². The number of hydrogen-bond donors (Lipinski definition) is 0. The molecule has 0 amide bonds. The van der Waals surface area contributed by atoms with Crippen molar-refractivity contribution in [1.29, 1.82) is 5.26 Å². The van der Waals surface area contributed by atoms with Crippen molar-refractivity contribution in [3.05, 3.63) is 33.8 Å². The average molecular weight is 224 g/mol. The van der Waals surface area contributed by atoms with Gasteiger partial charge in [-0.05, 0) is 33.5 Å². The number of nitriles is 1. The van der Waals surface area contributed by atoms with Crippen LogP contribution in [0.1, 0.15) is 30.9 Å². The second kappa shape index (κ2) is 3.73. The number of benzene rings is 1. The second-order valence-corrected chi connectivity index (χ2v) is 3.77. The Bertz CT molecular complexity index is 323. The summed E-state index contributed by atoms with van der Waals surface area (Å²) >= 11 is 3.42. The highest BCUT2D eigenvalue weighted by Gasteiger charge is 2.07. The van der Waals surface area contributed by atoms with E-state index in [-0.39, 0.29) is 0 Å². The molecule has 0 unspecified atom stereocenters. The molecule has 0 saturated heterocycles. The number of nitrogens with zero attached hydrogens (tertiary/aromatic N) is 1. The lowest BCUT2D eigenvalue weighted by molar-refractivity contribution is 0.860. The van der Waals surface area contributed by atoms with Crippen molar-refractivity contribution in [1.82, 2.24) is 0 Å². The van der Waals surface area contributed by atoms with Gasteiger partial charge in [-0.1, -0.05) is 26.0 Å². The van der Waals surface area contributed by atoms with Crippen LogP contribution < -0.4 is 0 Å². The molecule has 0 N–H and O–H groups in total. The standard InChI is InChI=1S/C10H10BrN/c1-7(2)9-5-3-4-8(6-12)10(9)11/h3-5,7H,1-2H3. The fourth-order valence-electron chi connectivity index (χ4n) is 1.08. The Morgan fingerprint density at radius 3 is 2.58 bits per heavy atom. The Balaban J connectivity index is 3.25. The van der Waals surface area contributed by atoms with Crippen molar-refractivity contribution < 1.29 is 0 Å². The third kappa shape index (κ3) is 1.67. The first-order valence-electron chi connectivity index (χ1n) is 3.85. The maximum Gasteiger partial charge on any atom is 0.100 e. The smallest absolute Gasteiger partial charge is 0.100 e. The van der Waals surface area contributed by atoms with Crippen LogP contribution in [0.4, 0.5) is 0 Å². The first kappa shape index (κ1) is 9.28. The lowest BCUT2D eigenvalue weighted by Crippen LogP contribution is -1.90. The Kier molecular flexibility index (Phi) is 2.88. The van der Waals surface area contributed by atoms with Crippen LogP contribution in [0.5, 0.6) is 0 Å². The maximum atomic E-state index is 8.74. The zero-order valence-electron chi connectivity index (χ0n) is 7.13. The topological polar surface area (TPSA) is 23.8 Å². The first-order chi connectivity index (χ1) is 5.66. The zero-order chi connectivity index (χ0) is 9.14. The number of rotatable bonds is 1. The minimum Gasteiger partial charge on any atom is -0.192 e. The summed E-state index contributed by atoms with van der Waals surface area (Å²) in [5.74, 6) is 0.452. The van der Waals surface area contributed by atoms with Crippen molar-refractivity contribution in [3.63, 3.8) is 0 Å². The van der Waals surface area contributed by atoms with Crippen molar-refractivity contribution in [2.45, 2.75) is 19.8 Å². The highest BCUT2D eigenvalue weighted by Crippen LogP contribution is 2.27. The van der Waals surface area contributed by atoms with Gasteiger partial charge in [0.15, 0.2) is 0 Å². The van der Waals surface area contributed by atoms with E-state index in [1.807, 2.05) is 18.2 Å². The molecule has 0 saturated carbocycles. The SMILES string of the molecule is CC(C)c1cccc(C#N)c1Br. The molecule has 0 atom stereocenters. The molecular formula is C10H10BrN. The molecule has 0 aromatic heterocycles. The molecule has 0 bridgehead atoms. The Morgan fingerprint density at radius 1 is 1.42 bits per heavy atom. The van der Waals surface area contributed by atoms with Gasteiger partial charge >= 0.3 is 0 Å². The molecule has 1 aromatic rings. The van der Waals surface area contributed by atoms with E-state index < -0.39 is 0 Å². The molecule has 1 nitrogen and oxygen atoms in total. The summed E-state index contributed by atoms with van der Waals surface area (Å²) in [6.45, 7) is 4.22. The molecule has 62 valence electrons. The van der Waals surface area contributed by atoms with Gasteiger partial charge in [-0.3, -0.25) is 0 Å². The molecule has 0 aliphatic rings. The minimum atomic E-state index is 0.452. The van der Waals surface area contributed by atoms with E-state index in [0.29, 0.717) is 11.5 Å². The third-order valence-corrected chi connectivity index (χ3v) is 2.66. The third-order valence-electron chi connectivity index (χ3n) is 1.77. The summed E-state index contributed by atoms with van der Waals surface area (Å²) in [6.07, 6.45) is 0. The van der Waals surface area contributed by atoms with Crippen LogP contribution >= 0.6 is 15.9 Å². The summed E-state index contributed by atoms with van der Waals surface area (Å²) in [7, 11) is 0. The van der Waals surface area contributed by atoms with E-state index in [4.69, 9.17) is 5.26 Å². The first-order valence-corrected chi connectivity index (χ1v) is 4.64. The van der Waals surface area contributed by atoms with Crippen LogP contribution in [0.3, 0.4) is 0 Å². The molecule has 0 radical (unpaired) electrons. The molecular weight excluding hydrogens is 214 g/mol. The molecule has 0 aliphatic carbocycles. The molecule has 2 heteroatoms. The maximum absolute atomic E-state index is 8.74. The number of halogens is 1. The molecule has 0 aliphatic heterocycles. The predicted molar refractivity (Wildman–Crippen MR) is 52.9 cm³/mol. The van der Waals surface area contributed by atoms with Crippen LogP contribution in [0.25, 0.3) is 0 Å². The summed E-state index contributed by atoms with van der Waals surface area (Å²) in [5, 5.41) is 8.74. The Hall–Kier alpha value is -0.810. The number of hydrogen-bond acceptors (Lipinski definition) is 1. The molecule has 0 heterocycles. The molecule has 0 spiro atoms. The van der Waals surface area contributed by atoms with Gasteiger partial charge in [0.25, 0.3) is 0 Å². The van der Waals surface area contributed by atoms with Gasteiger partial charge in [-0.25, -0.2) is 0 Å². The highest BCUT2D eigenvalue weighted by molar-refractivity contribution is 9.10. The van der Waals surface area contributed by atoms with Gasteiger partial charge in [-0.2, -0.15) is 5.26 Å². The fraction of sp³-hybridized carbons (Fsp3) is 0.300. The Morgan fingerprint density at radius 2 is 2.08 bits per heavy atom. The van der Waals surface area contributed by atoms with E-state index in [2.05, 4.69) is 35.8 Å². The van der Waals surface area contributed by atoms with Crippen molar-refractivity contribution in [2.24, 2.45) is 0 Å². The Labute approximate surface area is 81.2 Å². The molecule has 1 rings (SSSR count). The van der Waals surface area contributed by atoms with Gasteiger partial charge < -0.3 is 0 Å². The second-order valence-electron chi connectivity index (χ2n) is 2.98. The summed E-state index contributed by atoms with van der Waals surface area (Å²) in [4.78, 5) is 0. The lowest BCUT2D eigenvalue weighted by atomic mass is 10.0. The van der Waals surface area contributed by atoms with Crippen LogP contribution in [0.2, 0.25) is 0 Å². The average Bonchev–Trinajstić information content (AvgIpc) is 2.04. The van der Waals surface area contributed by atoms with Crippen molar-refractivity contribution in [2.75, 3.05) is 0 Å². The highest BCUT2D eigenvalue weighted by atomic mass is 79.9. The minimum absolute atomic E-state index is 0.452. The van der Waals surface area contributed by atoms with Crippen molar-refractivity contribution in [3.8, 4) is 6.07 Å². The summed E-state index contributed by atoms with van der Waals surface area (Å²) in [5.41, 5.74) is 1.90. The quantitative estimate of drug-likeness (QED) is 0.716. The van der Waals surface area contributed by atoms with Crippen LogP contribution in [-0.4, -0.2) is 0 Å². The van der Waals surface area contributed by atoms with E-state index in [1.54, 1.807) is 0 Å². The summed E-state index contributed by atoms with van der Waals surface area (Å²) < 4.78 is 0.933. The zero-order valence-corrected chi connectivity index (χ0v) is 8.72. The van der Waals surface area contributed by atoms with E-state index >= 15 is 0 Å². The molecule has 1 aromatic carbocycles. The lowest BCUT2D eigenvalue weighted by Gasteiger charge is -2.08. The normalized spacial score (nSPS) is 9.92. The predicted octanol–water partition coefficient (Wildman–Crippen LogP) is 3.44. The van der Waals surface area contributed by atoms with Gasteiger partial charge in [0.2, 0.25) is 0 Å². The van der Waals surface area contributed by atoms with Crippen LogP contribution in [0.15, 0.2) is 22.7 Å². The van der Waals surface area contributed by atoms with Crippen LogP contribution in [-0.2, 0) is 0 Å². The van der Waals surface area contributed by atoms with Gasteiger partial charge in [0, 0.05) is 4.47 Å². The van der Waals surface area contributed by atoms with E-state index in [1.165, 1.54) is 5.56 Å². The molecule has 12 heavy (non-hydrogen) atoms. The largest absolute Gasteiger partial charge is 0.192 e. The van der Waals surface area contributed by atoms with Gasteiger partial charge in [-0.15, -0.1) is 0 Å². The van der Waals surface area contributed by atoms with Gasteiger partial charge in [0.05, 0.1) is 5.56 Å². The van der Waals surface area contributed by atoms with E-state index in [0.717, 1.165) is 4.47 Å². The van der Waals surface area contributed by atoms with Crippen molar-refractivity contribution >= 4 is 15.9 Å². The fourth-order valence-corrected chi connectivity index (χ4v) is 1.89. The molecule has 0 fully saturated rings. The van der Waals surface area contributed by atoms with E-state index in [9.17, 15) is 0 Å². The summed E-state index contributed by atoms with van der Waals surface area (Å²) in [6, 6.07) is 7.91. The van der Waals surface area contributed by atoms with Crippen LogP contribution in [0, 0.1) is 11.3 Å².